The van der Waals surface area contributed by atoms with E-state index in [1.807, 2.05) is 7.05 Å². The van der Waals surface area contributed by atoms with Gasteiger partial charge < -0.3 is 4.74 Å². The molecule has 5 heteroatoms. The van der Waals surface area contributed by atoms with Gasteiger partial charge in [-0.05, 0) is 19.8 Å². The molecule has 2 rings (SSSR count). The molecule has 5 nitrogen and oxygen atoms in total. The zero-order valence-corrected chi connectivity index (χ0v) is 10.1. The molecule has 0 amide bonds. The van der Waals surface area contributed by atoms with Crippen molar-refractivity contribution in [3.8, 4) is 0 Å². The Morgan fingerprint density at radius 2 is 2.41 bits per heavy atom. The summed E-state index contributed by atoms with van der Waals surface area (Å²) in [6.45, 7) is 2.13. The molecule has 0 N–H and O–H groups in total. The summed E-state index contributed by atoms with van der Waals surface area (Å²) in [5, 5.41) is 4.08. The quantitative estimate of drug-likeness (QED) is 0.570. The van der Waals surface area contributed by atoms with E-state index in [4.69, 9.17) is 4.74 Å². The molecular formula is C12H16N2O3. The summed E-state index contributed by atoms with van der Waals surface area (Å²) in [5.41, 5.74) is 1.57. The van der Waals surface area contributed by atoms with Crippen molar-refractivity contribution in [2.24, 2.45) is 13.0 Å². The number of hydrogen-bond donors (Lipinski definition) is 0. The first-order chi connectivity index (χ1) is 8.13. The molecule has 0 saturated heterocycles. The van der Waals surface area contributed by atoms with Crippen molar-refractivity contribution >= 4 is 11.8 Å². The predicted octanol–water partition coefficient (Wildman–Crippen LogP) is 1.12. The molecule has 92 valence electrons. The number of Topliss-reactive ketones (excluding diaryl/α,β-unsaturated/α-hetero) is 1. The molecule has 0 radical (unpaired) electrons. The summed E-state index contributed by atoms with van der Waals surface area (Å²) in [6.07, 6.45) is 3.17. The summed E-state index contributed by atoms with van der Waals surface area (Å²) in [4.78, 5) is 23.6. The van der Waals surface area contributed by atoms with Crippen LogP contribution in [0.1, 0.15) is 35.8 Å². The van der Waals surface area contributed by atoms with Crippen LogP contribution in [0.25, 0.3) is 0 Å². The average molecular weight is 236 g/mol. The second kappa shape index (κ2) is 4.69. The van der Waals surface area contributed by atoms with E-state index in [0.29, 0.717) is 25.0 Å². The Kier molecular flexibility index (Phi) is 3.26. The lowest BCUT2D eigenvalue weighted by Gasteiger charge is -2.11. The number of nitrogens with zero attached hydrogens (tertiary/aromatic N) is 2. The average Bonchev–Trinajstić information content (AvgIpc) is 2.56. The molecule has 0 fully saturated rings. The normalized spacial score (nSPS) is 19.6. The van der Waals surface area contributed by atoms with Gasteiger partial charge in [-0.25, -0.2) is 0 Å². The molecule has 0 aliphatic heterocycles. The fourth-order valence-corrected chi connectivity index (χ4v) is 2.20. The number of fused-ring (bicyclic) bond motifs is 1. The number of carbonyl (C=O) groups is 2. The Morgan fingerprint density at radius 3 is 3.12 bits per heavy atom. The van der Waals surface area contributed by atoms with E-state index in [9.17, 15) is 9.59 Å². The van der Waals surface area contributed by atoms with Crippen LogP contribution in [0.2, 0.25) is 0 Å². The Hall–Kier alpha value is -1.65. The summed E-state index contributed by atoms with van der Waals surface area (Å²) in [5.74, 6) is -0.583. The van der Waals surface area contributed by atoms with Crippen molar-refractivity contribution in [1.82, 2.24) is 9.78 Å². The van der Waals surface area contributed by atoms with Crippen LogP contribution in [-0.4, -0.2) is 28.1 Å². The number of esters is 1. The lowest BCUT2D eigenvalue weighted by molar-refractivity contribution is -0.148. The molecule has 17 heavy (non-hydrogen) atoms. The van der Waals surface area contributed by atoms with Gasteiger partial charge in [-0.3, -0.25) is 14.3 Å². The van der Waals surface area contributed by atoms with Gasteiger partial charge in [0.15, 0.2) is 5.78 Å². The third kappa shape index (κ3) is 2.23. The van der Waals surface area contributed by atoms with Gasteiger partial charge in [0.1, 0.15) is 0 Å². The molecule has 0 bridgehead atoms. The second-order valence-electron chi connectivity index (χ2n) is 4.24. The standard InChI is InChI=1S/C12H16N2O3/c1-3-17-12(16)8-4-5-10-9(11(15)6-8)7-13-14(10)2/h7-8H,3-6H2,1-2H3. The maximum Gasteiger partial charge on any atom is 0.309 e. The Labute approximate surface area is 99.8 Å². The predicted molar refractivity (Wildman–Crippen MR) is 60.6 cm³/mol. The topological polar surface area (TPSA) is 61.2 Å². The van der Waals surface area contributed by atoms with E-state index in [1.54, 1.807) is 17.8 Å². The van der Waals surface area contributed by atoms with Crippen molar-refractivity contribution in [2.45, 2.75) is 26.2 Å². The minimum Gasteiger partial charge on any atom is -0.466 e. The molecule has 1 aromatic rings. The largest absolute Gasteiger partial charge is 0.466 e. The molecule has 1 atom stereocenters. The number of ketones is 1. The maximum absolute atomic E-state index is 12.0. The highest BCUT2D eigenvalue weighted by Crippen LogP contribution is 2.25. The molecule has 1 aliphatic carbocycles. The van der Waals surface area contributed by atoms with Gasteiger partial charge in [0.05, 0.1) is 24.3 Å². The molecular weight excluding hydrogens is 220 g/mol. The third-order valence-corrected chi connectivity index (χ3v) is 3.14. The van der Waals surface area contributed by atoms with Crippen LogP contribution in [0, 0.1) is 5.92 Å². The van der Waals surface area contributed by atoms with Gasteiger partial charge in [-0.1, -0.05) is 0 Å². The monoisotopic (exact) mass is 236 g/mol. The highest BCUT2D eigenvalue weighted by atomic mass is 16.5. The fraction of sp³-hybridized carbons (Fsp3) is 0.583. The van der Waals surface area contributed by atoms with E-state index < -0.39 is 0 Å². The molecule has 1 unspecified atom stereocenters. The van der Waals surface area contributed by atoms with E-state index in [1.165, 1.54) is 0 Å². The van der Waals surface area contributed by atoms with Crippen molar-refractivity contribution in [1.29, 1.82) is 0 Å². The molecule has 0 aromatic carbocycles. The number of rotatable bonds is 2. The lowest BCUT2D eigenvalue weighted by Crippen LogP contribution is -2.20. The fourth-order valence-electron chi connectivity index (χ4n) is 2.20. The maximum atomic E-state index is 12.0. The first-order valence-corrected chi connectivity index (χ1v) is 5.84. The van der Waals surface area contributed by atoms with Gasteiger partial charge in [0, 0.05) is 19.2 Å². The summed E-state index contributed by atoms with van der Waals surface area (Å²) in [6, 6.07) is 0. The second-order valence-corrected chi connectivity index (χ2v) is 4.24. The smallest absolute Gasteiger partial charge is 0.309 e. The Morgan fingerprint density at radius 1 is 1.65 bits per heavy atom. The lowest BCUT2D eigenvalue weighted by atomic mass is 9.99. The minimum atomic E-state index is -0.310. The Balaban J connectivity index is 2.18. The molecule has 1 aliphatic rings. The highest BCUT2D eigenvalue weighted by molar-refractivity contribution is 5.99. The van der Waals surface area contributed by atoms with E-state index in [-0.39, 0.29) is 24.1 Å². The SMILES string of the molecule is CCOC(=O)C1CCc2c(cnn2C)C(=O)C1. The van der Waals surface area contributed by atoms with Crippen LogP contribution in [0.4, 0.5) is 0 Å². The molecule has 0 spiro atoms. The van der Waals surface area contributed by atoms with Crippen LogP contribution >= 0.6 is 0 Å². The van der Waals surface area contributed by atoms with E-state index in [2.05, 4.69) is 5.10 Å². The summed E-state index contributed by atoms with van der Waals surface area (Å²) in [7, 11) is 1.82. The number of hydrogen-bond acceptors (Lipinski definition) is 4. The Bertz CT molecular complexity index is 451. The van der Waals surface area contributed by atoms with Crippen LogP contribution in [-0.2, 0) is 23.0 Å². The number of ether oxygens (including phenoxy) is 1. The third-order valence-electron chi connectivity index (χ3n) is 3.14. The molecule has 0 saturated carbocycles. The van der Waals surface area contributed by atoms with Crippen LogP contribution in [0.5, 0.6) is 0 Å². The van der Waals surface area contributed by atoms with Gasteiger partial charge in [0.25, 0.3) is 0 Å². The van der Waals surface area contributed by atoms with Crippen molar-refractivity contribution in [2.75, 3.05) is 6.61 Å². The zero-order chi connectivity index (χ0) is 12.4. The van der Waals surface area contributed by atoms with Crippen molar-refractivity contribution in [3.05, 3.63) is 17.5 Å². The van der Waals surface area contributed by atoms with Gasteiger partial charge in [-0.15, -0.1) is 0 Å². The first-order valence-electron chi connectivity index (χ1n) is 5.84. The molecule has 1 aromatic heterocycles. The minimum absolute atomic E-state index is 0.0105. The summed E-state index contributed by atoms with van der Waals surface area (Å²) < 4.78 is 6.69. The first kappa shape index (κ1) is 11.8. The number of aromatic nitrogens is 2. The molecule has 1 heterocycles. The van der Waals surface area contributed by atoms with Crippen LogP contribution < -0.4 is 0 Å². The number of carbonyl (C=O) groups excluding carboxylic acids is 2. The van der Waals surface area contributed by atoms with E-state index >= 15 is 0 Å². The number of aryl methyl sites for hydroxylation is 1. The van der Waals surface area contributed by atoms with Gasteiger partial charge in [-0.2, -0.15) is 5.10 Å². The zero-order valence-electron chi connectivity index (χ0n) is 10.1. The summed E-state index contributed by atoms with van der Waals surface area (Å²) >= 11 is 0. The van der Waals surface area contributed by atoms with Crippen molar-refractivity contribution in [3.63, 3.8) is 0 Å². The van der Waals surface area contributed by atoms with Crippen LogP contribution in [0.3, 0.4) is 0 Å². The van der Waals surface area contributed by atoms with Crippen LogP contribution in [0.15, 0.2) is 6.20 Å². The van der Waals surface area contributed by atoms with Crippen molar-refractivity contribution < 1.29 is 14.3 Å². The highest BCUT2D eigenvalue weighted by Gasteiger charge is 2.29. The van der Waals surface area contributed by atoms with E-state index in [0.717, 1.165) is 5.69 Å². The van der Waals surface area contributed by atoms with Gasteiger partial charge in [0.2, 0.25) is 0 Å². The van der Waals surface area contributed by atoms with Gasteiger partial charge >= 0.3 is 5.97 Å².